The molecule has 0 spiro atoms. The number of nitrogens with zero attached hydrogens (tertiary/aromatic N) is 1. The molecule has 0 amide bonds. The van der Waals surface area contributed by atoms with Crippen molar-refractivity contribution in [2.24, 2.45) is 0 Å². The molecule has 68 valence electrons. The average molecular weight is 219 g/mol. The van der Waals surface area contributed by atoms with Crippen LogP contribution in [-0.2, 0) is 15.7 Å². The van der Waals surface area contributed by atoms with Crippen molar-refractivity contribution in [2.75, 3.05) is 0 Å². The SMILES string of the molecule is N#CP(=O)([O-])OCc1ccccc1.[Na+]. The third-order valence-corrected chi connectivity index (χ3v) is 2.08. The zero-order valence-electron chi connectivity index (χ0n) is 7.71. The van der Waals surface area contributed by atoms with E-state index in [0.29, 0.717) is 5.56 Å². The molecular weight excluding hydrogens is 212 g/mol. The maximum Gasteiger partial charge on any atom is 1.00 e. The van der Waals surface area contributed by atoms with Crippen LogP contribution in [0.25, 0.3) is 0 Å². The quantitative estimate of drug-likeness (QED) is 0.446. The van der Waals surface area contributed by atoms with E-state index in [1.807, 2.05) is 6.07 Å². The summed E-state index contributed by atoms with van der Waals surface area (Å²) in [7, 11) is -4.28. The van der Waals surface area contributed by atoms with Gasteiger partial charge in [0.2, 0.25) is 7.60 Å². The van der Waals surface area contributed by atoms with E-state index in [4.69, 9.17) is 5.26 Å². The molecule has 0 saturated carbocycles. The van der Waals surface area contributed by atoms with Crippen molar-refractivity contribution in [1.82, 2.24) is 0 Å². The Hall–Kier alpha value is -0.140. The average Bonchev–Trinajstić information content (AvgIpc) is 2.17. The zero-order valence-corrected chi connectivity index (χ0v) is 10.6. The molecule has 0 radical (unpaired) electrons. The minimum Gasteiger partial charge on any atom is -0.767 e. The summed E-state index contributed by atoms with van der Waals surface area (Å²) < 4.78 is 15.0. The van der Waals surface area contributed by atoms with Gasteiger partial charge in [0.25, 0.3) is 0 Å². The summed E-state index contributed by atoms with van der Waals surface area (Å²) in [6.45, 7) is -0.0881. The van der Waals surface area contributed by atoms with Gasteiger partial charge in [-0.3, -0.25) is 4.57 Å². The summed E-state index contributed by atoms with van der Waals surface area (Å²) in [5.41, 5.74) is 0.717. The molecule has 1 aromatic carbocycles. The molecule has 6 heteroatoms. The Morgan fingerprint density at radius 2 is 2.00 bits per heavy atom. The Kier molecular flexibility index (Phi) is 6.30. The molecule has 0 N–H and O–H groups in total. The Morgan fingerprint density at radius 1 is 1.43 bits per heavy atom. The fourth-order valence-corrected chi connectivity index (χ4v) is 1.14. The van der Waals surface area contributed by atoms with Gasteiger partial charge in [-0.15, -0.1) is 0 Å². The first-order valence-corrected chi connectivity index (χ1v) is 5.09. The van der Waals surface area contributed by atoms with Crippen LogP contribution in [0.5, 0.6) is 0 Å². The molecular formula is C8H7NNaO3P. The maximum absolute atomic E-state index is 10.6. The van der Waals surface area contributed by atoms with Crippen molar-refractivity contribution < 1.29 is 43.5 Å². The topological polar surface area (TPSA) is 73.2 Å². The van der Waals surface area contributed by atoms with E-state index in [2.05, 4.69) is 4.52 Å². The molecule has 0 saturated heterocycles. The van der Waals surface area contributed by atoms with E-state index in [1.165, 1.54) is 0 Å². The van der Waals surface area contributed by atoms with Crippen LogP contribution in [0.2, 0.25) is 0 Å². The maximum atomic E-state index is 10.6. The van der Waals surface area contributed by atoms with Gasteiger partial charge in [-0.1, -0.05) is 30.3 Å². The summed E-state index contributed by atoms with van der Waals surface area (Å²) in [4.78, 5) is 10.6. The van der Waals surface area contributed by atoms with E-state index in [1.54, 1.807) is 24.3 Å². The Bertz CT molecular complexity index is 363. The predicted molar refractivity (Wildman–Crippen MR) is 44.5 cm³/mol. The van der Waals surface area contributed by atoms with E-state index in [-0.39, 0.29) is 36.2 Å². The number of hydrogen-bond donors (Lipinski definition) is 0. The molecule has 0 fully saturated rings. The van der Waals surface area contributed by atoms with Gasteiger partial charge < -0.3 is 9.42 Å². The van der Waals surface area contributed by atoms with Crippen LogP contribution in [0.4, 0.5) is 0 Å². The van der Waals surface area contributed by atoms with Gasteiger partial charge in [0.15, 0.2) is 0 Å². The molecule has 0 aromatic heterocycles. The summed E-state index contributed by atoms with van der Waals surface area (Å²) >= 11 is 0. The van der Waals surface area contributed by atoms with Crippen LogP contribution in [0.15, 0.2) is 30.3 Å². The number of hydrogen-bond acceptors (Lipinski definition) is 4. The largest absolute Gasteiger partial charge is 1.00 e. The molecule has 0 aliphatic carbocycles. The first kappa shape index (κ1) is 13.9. The third-order valence-electron chi connectivity index (χ3n) is 1.37. The van der Waals surface area contributed by atoms with Gasteiger partial charge >= 0.3 is 29.6 Å². The van der Waals surface area contributed by atoms with E-state index < -0.39 is 7.60 Å². The molecule has 14 heavy (non-hydrogen) atoms. The van der Waals surface area contributed by atoms with Gasteiger partial charge in [0, 0.05) is 0 Å². The van der Waals surface area contributed by atoms with E-state index in [0.717, 1.165) is 5.81 Å². The Morgan fingerprint density at radius 3 is 2.50 bits per heavy atom. The minimum absolute atomic E-state index is 0. The first-order chi connectivity index (χ1) is 6.14. The molecule has 1 rings (SSSR count). The third kappa shape index (κ3) is 4.92. The van der Waals surface area contributed by atoms with Crippen molar-refractivity contribution in [3.05, 3.63) is 35.9 Å². The van der Waals surface area contributed by atoms with Crippen LogP contribution >= 0.6 is 7.60 Å². The standard InChI is InChI=1S/C8H8NO3P.Na/c9-7-13(10,11)12-6-8-4-2-1-3-5-8;/h1-5H,6H2,(H,10,11);/q;+1/p-1. The van der Waals surface area contributed by atoms with E-state index >= 15 is 0 Å². The van der Waals surface area contributed by atoms with Crippen LogP contribution < -0.4 is 34.5 Å². The molecule has 0 aliphatic rings. The first-order valence-electron chi connectivity index (χ1n) is 3.55. The number of benzene rings is 1. The molecule has 1 unspecified atom stereocenters. The van der Waals surface area contributed by atoms with Crippen molar-refractivity contribution in [3.8, 4) is 5.81 Å². The summed E-state index contributed by atoms with van der Waals surface area (Å²) in [5, 5.41) is 8.12. The second kappa shape index (κ2) is 6.36. The number of rotatable bonds is 3. The number of nitriles is 1. The van der Waals surface area contributed by atoms with Crippen molar-refractivity contribution >= 4 is 7.60 Å². The molecule has 0 aliphatic heterocycles. The molecule has 0 bridgehead atoms. The minimum atomic E-state index is -4.28. The van der Waals surface area contributed by atoms with Crippen LogP contribution in [0, 0.1) is 11.1 Å². The van der Waals surface area contributed by atoms with Crippen LogP contribution in [-0.4, -0.2) is 0 Å². The van der Waals surface area contributed by atoms with Crippen LogP contribution in [0.3, 0.4) is 0 Å². The Balaban J connectivity index is 0.00000169. The van der Waals surface area contributed by atoms with Gasteiger partial charge in [0.05, 0.1) is 6.61 Å². The fraction of sp³-hybridized carbons (Fsp3) is 0.125. The molecule has 1 aromatic rings. The Labute approximate surface area is 104 Å². The normalized spacial score (nSPS) is 13.4. The monoisotopic (exact) mass is 219 g/mol. The van der Waals surface area contributed by atoms with Gasteiger partial charge in [-0.2, -0.15) is 5.26 Å². The van der Waals surface area contributed by atoms with Crippen LogP contribution in [0.1, 0.15) is 5.56 Å². The molecule has 1 atom stereocenters. The van der Waals surface area contributed by atoms with Gasteiger partial charge in [-0.25, -0.2) is 0 Å². The summed E-state index contributed by atoms with van der Waals surface area (Å²) in [6.07, 6.45) is 0. The summed E-state index contributed by atoms with van der Waals surface area (Å²) in [5.74, 6) is 1.09. The smallest absolute Gasteiger partial charge is 0.767 e. The van der Waals surface area contributed by atoms with E-state index in [9.17, 15) is 9.46 Å². The molecule has 0 heterocycles. The fourth-order valence-electron chi connectivity index (χ4n) is 0.763. The second-order valence-electron chi connectivity index (χ2n) is 2.36. The van der Waals surface area contributed by atoms with Crippen molar-refractivity contribution in [1.29, 1.82) is 5.26 Å². The van der Waals surface area contributed by atoms with Gasteiger partial charge in [0.1, 0.15) is 5.81 Å². The zero-order chi connectivity index (χ0) is 9.73. The summed E-state index contributed by atoms with van der Waals surface area (Å²) in [6, 6.07) is 8.78. The van der Waals surface area contributed by atoms with Crippen molar-refractivity contribution in [3.63, 3.8) is 0 Å². The molecule has 4 nitrogen and oxygen atoms in total. The van der Waals surface area contributed by atoms with Gasteiger partial charge in [-0.05, 0) is 5.56 Å². The van der Waals surface area contributed by atoms with Crippen molar-refractivity contribution in [2.45, 2.75) is 6.61 Å². The predicted octanol–water partition coefficient (Wildman–Crippen LogP) is -1.76. The second-order valence-corrected chi connectivity index (χ2v) is 3.81.